The van der Waals surface area contributed by atoms with Gasteiger partial charge in [-0.05, 0) is 30.2 Å². The maximum atomic E-state index is 14.1. The predicted octanol–water partition coefficient (Wildman–Crippen LogP) is 3.06. The van der Waals surface area contributed by atoms with Crippen molar-refractivity contribution < 1.29 is 13.9 Å². The van der Waals surface area contributed by atoms with E-state index in [0.29, 0.717) is 23.3 Å². The van der Waals surface area contributed by atoms with Gasteiger partial charge < -0.3 is 9.53 Å². The molecule has 0 aliphatic carbocycles. The van der Waals surface area contributed by atoms with E-state index in [4.69, 9.17) is 4.74 Å². The van der Waals surface area contributed by atoms with Crippen LogP contribution in [0.1, 0.15) is 22.7 Å². The monoisotopic (exact) mass is 273 g/mol. The number of pyridine rings is 1. The van der Waals surface area contributed by atoms with Crippen LogP contribution in [0, 0.1) is 12.7 Å². The molecular formula is C16H16FNO2. The standard InChI is InChI=1S/C16H16FNO2/c1-11-4-3-5-15(16(11)17)12(10-19)8-13-6-7-14(20-2)9-18-13/h3-7,9-10,12H,8H2,1-2H3. The highest BCUT2D eigenvalue weighted by Gasteiger charge is 2.17. The van der Waals surface area contributed by atoms with Gasteiger partial charge in [0.1, 0.15) is 17.9 Å². The Morgan fingerprint density at radius 2 is 2.15 bits per heavy atom. The fraction of sp³-hybridized carbons (Fsp3) is 0.250. The summed E-state index contributed by atoms with van der Waals surface area (Å²) in [4.78, 5) is 15.5. The van der Waals surface area contributed by atoms with Crippen molar-refractivity contribution in [3.8, 4) is 5.75 Å². The molecule has 3 nitrogen and oxygen atoms in total. The van der Waals surface area contributed by atoms with Crippen LogP contribution in [0.5, 0.6) is 5.75 Å². The normalized spacial score (nSPS) is 11.9. The second-order valence-corrected chi connectivity index (χ2v) is 4.61. The molecule has 0 saturated heterocycles. The van der Waals surface area contributed by atoms with Gasteiger partial charge in [-0.3, -0.25) is 4.98 Å². The first-order chi connectivity index (χ1) is 9.65. The number of carbonyl (C=O) groups is 1. The van der Waals surface area contributed by atoms with Crippen LogP contribution >= 0.6 is 0 Å². The molecule has 0 saturated carbocycles. The van der Waals surface area contributed by atoms with Gasteiger partial charge in [0.15, 0.2) is 0 Å². The topological polar surface area (TPSA) is 39.2 Å². The molecular weight excluding hydrogens is 257 g/mol. The largest absolute Gasteiger partial charge is 0.495 e. The Morgan fingerprint density at radius 3 is 2.75 bits per heavy atom. The molecule has 1 aromatic heterocycles. The Hall–Kier alpha value is -2.23. The summed E-state index contributed by atoms with van der Waals surface area (Å²) in [6.45, 7) is 1.69. The Balaban J connectivity index is 2.24. The molecule has 1 atom stereocenters. The molecule has 0 fully saturated rings. The van der Waals surface area contributed by atoms with E-state index in [1.165, 1.54) is 0 Å². The molecule has 0 aliphatic heterocycles. The molecule has 2 aromatic rings. The Morgan fingerprint density at radius 1 is 1.35 bits per heavy atom. The highest BCUT2D eigenvalue weighted by Crippen LogP contribution is 2.23. The van der Waals surface area contributed by atoms with E-state index in [0.717, 1.165) is 12.0 Å². The number of hydrogen-bond donors (Lipinski definition) is 0. The maximum Gasteiger partial charge on any atom is 0.137 e. The number of aldehydes is 1. The van der Waals surface area contributed by atoms with E-state index in [2.05, 4.69) is 4.98 Å². The summed E-state index contributed by atoms with van der Waals surface area (Å²) in [5.41, 5.74) is 1.68. The lowest BCUT2D eigenvalue weighted by Crippen LogP contribution is -2.08. The molecule has 1 unspecified atom stereocenters. The van der Waals surface area contributed by atoms with E-state index in [9.17, 15) is 9.18 Å². The van der Waals surface area contributed by atoms with E-state index in [1.807, 2.05) is 0 Å². The third-order valence-corrected chi connectivity index (χ3v) is 3.25. The number of halogens is 1. The number of rotatable bonds is 5. The summed E-state index contributed by atoms with van der Waals surface area (Å²) in [6.07, 6.45) is 2.72. The number of aromatic nitrogens is 1. The zero-order valence-electron chi connectivity index (χ0n) is 11.5. The zero-order chi connectivity index (χ0) is 14.5. The smallest absolute Gasteiger partial charge is 0.137 e. The van der Waals surface area contributed by atoms with Crippen molar-refractivity contribution in [1.29, 1.82) is 0 Å². The van der Waals surface area contributed by atoms with Crippen LogP contribution in [0.3, 0.4) is 0 Å². The third-order valence-electron chi connectivity index (χ3n) is 3.25. The van der Waals surface area contributed by atoms with Crippen LogP contribution in [-0.4, -0.2) is 18.4 Å². The van der Waals surface area contributed by atoms with E-state index in [-0.39, 0.29) is 5.82 Å². The Labute approximate surface area is 117 Å². The molecule has 20 heavy (non-hydrogen) atoms. The highest BCUT2D eigenvalue weighted by molar-refractivity contribution is 5.63. The molecule has 0 radical (unpaired) electrons. The maximum absolute atomic E-state index is 14.1. The van der Waals surface area contributed by atoms with Gasteiger partial charge in [0, 0.05) is 18.0 Å². The van der Waals surface area contributed by atoms with E-state index >= 15 is 0 Å². The average molecular weight is 273 g/mol. The average Bonchev–Trinajstić information content (AvgIpc) is 2.48. The van der Waals surface area contributed by atoms with Crippen LogP contribution in [0.4, 0.5) is 4.39 Å². The molecule has 1 heterocycles. The van der Waals surface area contributed by atoms with Crippen LogP contribution in [0.25, 0.3) is 0 Å². The second-order valence-electron chi connectivity index (χ2n) is 4.61. The fourth-order valence-corrected chi connectivity index (χ4v) is 2.07. The lowest BCUT2D eigenvalue weighted by Gasteiger charge is -2.12. The van der Waals surface area contributed by atoms with Crippen molar-refractivity contribution >= 4 is 6.29 Å². The number of hydrogen-bond acceptors (Lipinski definition) is 3. The van der Waals surface area contributed by atoms with Crippen LogP contribution in [0.2, 0.25) is 0 Å². The number of methoxy groups -OCH3 is 1. The Kier molecular flexibility index (Phi) is 4.45. The second kappa shape index (κ2) is 6.28. The summed E-state index contributed by atoms with van der Waals surface area (Å²) in [6, 6.07) is 8.64. The minimum atomic E-state index is -0.532. The zero-order valence-corrected chi connectivity index (χ0v) is 11.5. The number of aryl methyl sites for hydroxylation is 1. The highest BCUT2D eigenvalue weighted by atomic mass is 19.1. The van der Waals surface area contributed by atoms with Gasteiger partial charge in [0.2, 0.25) is 0 Å². The minimum absolute atomic E-state index is 0.321. The van der Waals surface area contributed by atoms with Gasteiger partial charge in [-0.25, -0.2) is 4.39 Å². The summed E-state index contributed by atoms with van der Waals surface area (Å²) < 4.78 is 19.1. The van der Waals surface area contributed by atoms with Gasteiger partial charge in [0.25, 0.3) is 0 Å². The van der Waals surface area contributed by atoms with Gasteiger partial charge in [-0.1, -0.05) is 18.2 Å². The van der Waals surface area contributed by atoms with Crippen LogP contribution in [-0.2, 0) is 11.2 Å². The van der Waals surface area contributed by atoms with Crippen molar-refractivity contribution in [3.05, 3.63) is 59.2 Å². The molecule has 0 bridgehead atoms. The molecule has 0 aliphatic rings. The number of nitrogens with zero attached hydrogens (tertiary/aromatic N) is 1. The van der Waals surface area contributed by atoms with Crippen molar-refractivity contribution in [2.45, 2.75) is 19.3 Å². The summed E-state index contributed by atoms with van der Waals surface area (Å²) >= 11 is 0. The fourth-order valence-electron chi connectivity index (χ4n) is 2.07. The van der Waals surface area contributed by atoms with Gasteiger partial charge >= 0.3 is 0 Å². The van der Waals surface area contributed by atoms with Crippen molar-refractivity contribution in [1.82, 2.24) is 4.98 Å². The first-order valence-corrected chi connectivity index (χ1v) is 6.35. The number of carbonyl (C=O) groups excluding carboxylic acids is 1. The lowest BCUT2D eigenvalue weighted by molar-refractivity contribution is -0.109. The summed E-state index contributed by atoms with van der Waals surface area (Å²) in [5.74, 6) is -0.202. The molecule has 0 N–H and O–H groups in total. The molecule has 1 aromatic carbocycles. The van der Waals surface area contributed by atoms with Gasteiger partial charge in [-0.2, -0.15) is 0 Å². The summed E-state index contributed by atoms with van der Waals surface area (Å²) in [5, 5.41) is 0. The lowest BCUT2D eigenvalue weighted by atomic mass is 9.93. The molecule has 0 spiro atoms. The van der Waals surface area contributed by atoms with Crippen LogP contribution in [0.15, 0.2) is 36.5 Å². The van der Waals surface area contributed by atoms with Crippen LogP contribution < -0.4 is 4.74 Å². The third kappa shape index (κ3) is 3.02. The Bertz CT molecular complexity index is 596. The predicted molar refractivity (Wildman–Crippen MR) is 74.4 cm³/mol. The number of ether oxygens (including phenoxy) is 1. The molecule has 104 valence electrons. The van der Waals surface area contributed by atoms with Gasteiger partial charge in [-0.15, -0.1) is 0 Å². The quantitative estimate of drug-likeness (QED) is 0.786. The van der Waals surface area contributed by atoms with Crippen molar-refractivity contribution in [2.24, 2.45) is 0 Å². The molecule has 2 rings (SSSR count). The first-order valence-electron chi connectivity index (χ1n) is 6.35. The van der Waals surface area contributed by atoms with E-state index < -0.39 is 5.92 Å². The SMILES string of the molecule is COc1ccc(CC(C=O)c2cccc(C)c2F)nc1. The van der Waals surface area contributed by atoms with Crippen molar-refractivity contribution in [3.63, 3.8) is 0 Å². The van der Waals surface area contributed by atoms with Crippen molar-refractivity contribution in [2.75, 3.05) is 7.11 Å². The molecule has 0 amide bonds. The minimum Gasteiger partial charge on any atom is -0.495 e. The molecule has 4 heteroatoms. The summed E-state index contributed by atoms with van der Waals surface area (Å²) in [7, 11) is 1.56. The van der Waals surface area contributed by atoms with Gasteiger partial charge in [0.05, 0.1) is 13.3 Å². The van der Waals surface area contributed by atoms with E-state index in [1.54, 1.807) is 50.6 Å². The number of benzene rings is 1. The first kappa shape index (κ1) is 14.2.